The minimum absolute atomic E-state index is 0.0165. The van der Waals surface area contributed by atoms with E-state index in [9.17, 15) is 13.2 Å². The lowest BCUT2D eigenvalue weighted by Crippen LogP contribution is -2.31. The monoisotopic (exact) mass is 243 g/mol. The zero-order valence-corrected chi connectivity index (χ0v) is 9.40. The Morgan fingerprint density at radius 2 is 2.20 bits per heavy atom. The van der Waals surface area contributed by atoms with E-state index in [1.807, 2.05) is 6.92 Å². The first-order valence-corrected chi connectivity index (χ1v) is 5.93. The molecule has 6 heteroatoms. The van der Waals surface area contributed by atoms with Crippen LogP contribution in [0.5, 0.6) is 0 Å². The molecule has 0 amide bonds. The lowest BCUT2D eigenvalue weighted by Gasteiger charge is -2.23. The molecule has 1 rings (SSSR count). The number of hydrogen-bond donors (Lipinski definition) is 1. The summed E-state index contributed by atoms with van der Waals surface area (Å²) in [6, 6.07) is 0. The van der Waals surface area contributed by atoms with Crippen LogP contribution in [0.4, 0.5) is 13.2 Å². The second-order valence-electron chi connectivity index (χ2n) is 3.65. The molecule has 0 radical (unpaired) electrons. The predicted octanol–water partition coefficient (Wildman–Crippen LogP) is 2.18. The van der Waals surface area contributed by atoms with Crippen molar-refractivity contribution in [1.82, 2.24) is 0 Å². The minimum Gasteiger partial charge on any atom is -0.377 e. The first-order chi connectivity index (χ1) is 6.95. The van der Waals surface area contributed by atoms with Gasteiger partial charge in [-0.3, -0.25) is 0 Å². The van der Waals surface area contributed by atoms with Crippen molar-refractivity contribution in [2.75, 3.05) is 13.2 Å². The van der Waals surface area contributed by atoms with Gasteiger partial charge in [0.15, 0.2) is 0 Å². The molecule has 0 aromatic carbocycles. The highest BCUT2D eigenvalue weighted by atomic mass is 32.2. The molecule has 1 aliphatic rings. The number of alkyl halides is 3. The van der Waals surface area contributed by atoms with E-state index >= 15 is 0 Å². The van der Waals surface area contributed by atoms with Crippen molar-refractivity contribution >= 4 is 11.8 Å². The molecule has 3 unspecified atom stereocenters. The largest absolute Gasteiger partial charge is 0.400 e. The lowest BCUT2D eigenvalue weighted by atomic mass is 10.2. The summed E-state index contributed by atoms with van der Waals surface area (Å²) in [7, 11) is 0. The number of thioether (sulfide) groups is 1. The van der Waals surface area contributed by atoms with Crippen LogP contribution in [-0.2, 0) is 4.74 Å². The average molecular weight is 243 g/mol. The summed E-state index contributed by atoms with van der Waals surface area (Å²) in [6.07, 6.45) is -3.56. The van der Waals surface area contributed by atoms with Gasteiger partial charge in [0, 0.05) is 11.9 Å². The van der Waals surface area contributed by atoms with Gasteiger partial charge >= 0.3 is 6.18 Å². The Morgan fingerprint density at radius 3 is 2.60 bits per heavy atom. The molecule has 0 aliphatic carbocycles. The van der Waals surface area contributed by atoms with Gasteiger partial charge in [-0.15, -0.1) is 11.8 Å². The summed E-state index contributed by atoms with van der Waals surface area (Å²) in [4.78, 5) is 0. The Balaban J connectivity index is 2.50. The molecule has 0 bridgehead atoms. The predicted molar refractivity (Wildman–Crippen MR) is 54.9 cm³/mol. The molecule has 2 nitrogen and oxygen atoms in total. The van der Waals surface area contributed by atoms with E-state index in [2.05, 4.69) is 0 Å². The fourth-order valence-corrected chi connectivity index (χ4v) is 2.94. The van der Waals surface area contributed by atoms with Crippen molar-refractivity contribution in [3.05, 3.63) is 0 Å². The van der Waals surface area contributed by atoms with Crippen molar-refractivity contribution in [3.63, 3.8) is 0 Å². The lowest BCUT2D eigenvalue weighted by molar-refractivity contribution is -0.129. The molecule has 1 aliphatic heterocycles. The molecule has 3 atom stereocenters. The van der Waals surface area contributed by atoms with E-state index in [0.29, 0.717) is 13.0 Å². The van der Waals surface area contributed by atoms with Crippen LogP contribution in [0.3, 0.4) is 0 Å². The van der Waals surface area contributed by atoms with Crippen LogP contribution in [-0.4, -0.2) is 35.9 Å². The summed E-state index contributed by atoms with van der Waals surface area (Å²) < 4.78 is 42.9. The highest BCUT2D eigenvalue weighted by Crippen LogP contribution is 2.38. The van der Waals surface area contributed by atoms with E-state index in [1.165, 1.54) is 0 Å². The van der Waals surface area contributed by atoms with E-state index in [0.717, 1.165) is 11.8 Å². The fraction of sp³-hybridized carbons (Fsp3) is 1.00. The van der Waals surface area contributed by atoms with Crippen molar-refractivity contribution in [1.29, 1.82) is 0 Å². The molecule has 0 aromatic rings. The molecular formula is C9H16F3NOS. The number of nitrogens with two attached hydrogens (primary N) is 1. The molecule has 0 saturated carbocycles. The molecule has 15 heavy (non-hydrogen) atoms. The summed E-state index contributed by atoms with van der Waals surface area (Å²) in [6.45, 7) is 2.45. The highest BCUT2D eigenvalue weighted by molar-refractivity contribution is 8.00. The zero-order chi connectivity index (χ0) is 11.5. The Kier molecular flexibility index (Phi) is 4.73. The molecular weight excluding hydrogens is 227 g/mol. The Hall–Kier alpha value is 0.0600. The number of halogens is 3. The normalized spacial score (nSPS) is 29.4. The Labute approximate surface area is 91.7 Å². The SMILES string of the molecule is CC1OCCC1SC(CCN)C(F)(F)F. The van der Waals surface area contributed by atoms with Gasteiger partial charge in [-0.1, -0.05) is 0 Å². The number of rotatable bonds is 4. The van der Waals surface area contributed by atoms with Crippen LogP contribution < -0.4 is 5.73 Å². The summed E-state index contributed by atoms with van der Waals surface area (Å²) in [5.41, 5.74) is 5.19. The van der Waals surface area contributed by atoms with Crippen LogP contribution in [0.15, 0.2) is 0 Å². The molecule has 90 valence electrons. The maximum Gasteiger partial charge on any atom is 0.400 e. The van der Waals surface area contributed by atoms with E-state index in [-0.39, 0.29) is 24.3 Å². The molecule has 0 spiro atoms. The smallest absolute Gasteiger partial charge is 0.377 e. The van der Waals surface area contributed by atoms with Crippen LogP contribution in [0, 0.1) is 0 Å². The Morgan fingerprint density at radius 1 is 1.53 bits per heavy atom. The minimum atomic E-state index is -4.16. The van der Waals surface area contributed by atoms with Crippen LogP contribution in [0.2, 0.25) is 0 Å². The third kappa shape index (κ3) is 3.85. The van der Waals surface area contributed by atoms with E-state index in [1.54, 1.807) is 0 Å². The topological polar surface area (TPSA) is 35.2 Å². The second kappa shape index (κ2) is 5.41. The fourth-order valence-electron chi connectivity index (χ4n) is 1.56. The van der Waals surface area contributed by atoms with Gasteiger partial charge in [0.1, 0.15) is 5.25 Å². The number of ether oxygens (including phenoxy) is 1. The van der Waals surface area contributed by atoms with Crippen LogP contribution >= 0.6 is 11.8 Å². The van der Waals surface area contributed by atoms with Gasteiger partial charge in [0.25, 0.3) is 0 Å². The van der Waals surface area contributed by atoms with Crippen molar-refractivity contribution < 1.29 is 17.9 Å². The molecule has 1 fully saturated rings. The Bertz CT molecular complexity index is 200. The zero-order valence-electron chi connectivity index (χ0n) is 8.59. The third-order valence-electron chi connectivity index (χ3n) is 2.44. The molecule has 1 saturated heterocycles. The molecule has 0 aromatic heterocycles. The van der Waals surface area contributed by atoms with Crippen molar-refractivity contribution in [2.45, 2.75) is 42.5 Å². The van der Waals surface area contributed by atoms with Gasteiger partial charge in [0.05, 0.1) is 6.10 Å². The van der Waals surface area contributed by atoms with Crippen LogP contribution in [0.1, 0.15) is 19.8 Å². The van der Waals surface area contributed by atoms with E-state index in [4.69, 9.17) is 10.5 Å². The second-order valence-corrected chi connectivity index (χ2v) is 5.09. The van der Waals surface area contributed by atoms with Crippen molar-refractivity contribution in [2.24, 2.45) is 5.73 Å². The average Bonchev–Trinajstić information content (AvgIpc) is 2.49. The van der Waals surface area contributed by atoms with Gasteiger partial charge in [-0.05, 0) is 26.3 Å². The standard InChI is InChI=1S/C9H16F3NOS/c1-6-7(3-5-14-6)15-8(2-4-13)9(10,11)12/h6-8H,2-5,13H2,1H3. The summed E-state index contributed by atoms with van der Waals surface area (Å²) in [5, 5.41) is -1.40. The quantitative estimate of drug-likeness (QED) is 0.822. The summed E-state index contributed by atoms with van der Waals surface area (Å²) in [5.74, 6) is 0. The highest BCUT2D eigenvalue weighted by Gasteiger charge is 2.42. The number of hydrogen-bond acceptors (Lipinski definition) is 3. The maximum atomic E-state index is 12.6. The molecule has 1 heterocycles. The summed E-state index contributed by atoms with van der Waals surface area (Å²) >= 11 is 0.962. The van der Waals surface area contributed by atoms with Crippen molar-refractivity contribution in [3.8, 4) is 0 Å². The molecule has 2 N–H and O–H groups in total. The third-order valence-corrected chi connectivity index (χ3v) is 4.24. The maximum absolute atomic E-state index is 12.6. The van der Waals surface area contributed by atoms with Crippen LogP contribution in [0.25, 0.3) is 0 Å². The van der Waals surface area contributed by atoms with E-state index < -0.39 is 11.4 Å². The first-order valence-electron chi connectivity index (χ1n) is 4.99. The van der Waals surface area contributed by atoms with Gasteiger partial charge < -0.3 is 10.5 Å². The first kappa shape index (κ1) is 13.1. The van der Waals surface area contributed by atoms with Gasteiger partial charge in [-0.2, -0.15) is 13.2 Å². The van der Waals surface area contributed by atoms with Gasteiger partial charge in [0.2, 0.25) is 0 Å². The van der Waals surface area contributed by atoms with Gasteiger partial charge in [-0.25, -0.2) is 0 Å².